The number of benzene rings is 1. The van der Waals surface area contributed by atoms with Crippen LogP contribution in [0, 0.1) is 6.92 Å². The number of furan rings is 1. The smallest absolute Gasteiger partial charge is 0.248 e. The van der Waals surface area contributed by atoms with Gasteiger partial charge in [-0.15, -0.1) is 12.4 Å². The van der Waals surface area contributed by atoms with Gasteiger partial charge in [-0.2, -0.15) is 0 Å². The molecular weight excluding hydrogens is 300 g/mol. The lowest BCUT2D eigenvalue weighted by Crippen LogP contribution is -2.23. The monoisotopic (exact) mass is 318 g/mol. The van der Waals surface area contributed by atoms with Gasteiger partial charge in [0.05, 0.1) is 0 Å². The molecule has 0 saturated heterocycles. The lowest BCUT2D eigenvalue weighted by Gasteiger charge is -2.17. The fourth-order valence-electron chi connectivity index (χ4n) is 2.44. The summed E-state index contributed by atoms with van der Waals surface area (Å²) in [4.78, 5) is 11.9. The Balaban J connectivity index is 0.00000176. The molecule has 1 aliphatic rings. The van der Waals surface area contributed by atoms with Crippen molar-refractivity contribution in [2.24, 2.45) is 0 Å². The first-order valence-corrected chi connectivity index (χ1v) is 7.09. The molecule has 0 bridgehead atoms. The largest absolute Gasteiger partial charge is 0.462 e. The average molecular weight is 319 g/mol. The van der Waals surface area contributed by atoms with Crippen molar-refractivity contribution in [3.63, 3.8) is 0 Å². The molecule has 5 heteroatoms. The van der Waals surface area contributed by atoms with Gasteiger partial charge in [0, 0.05) is 18.3 Å². The Bertz CT molecular complexity index is 692. The zero-order chi connectivity index (χ0) is 14.7. The summed E-state index contributed by atoms with van der Waals surface area (Å²) < 4.78 is 5.38. The second-order valence-electron chi connectivity index (χ2n) is 5.18. The molecule has 4 nitrogen and oxygen atoms in total. The van der Waals surface area contributed by atoms with Gasteiger partial charge < -0.3 is 15.1 Å². The van der Waals surface area contributed by atoms with E-state index >= 15 is 0 Å². The maximum Gasteiger partial charge on any atom is 0.248 e. The molecule has 0 radical (unpaired) electrons. The van der Waals surface area contributed by atoms with Crippen molar-refractivity contribution in [3.8, 4) is 0 Å². The van der Waals surface area contributed by atoms with Gasteiger partial charge in [0.1, 0.15) is 11.5 Å². The van der Waals surface area contributed by atoms with Crippen molar-refractivity contribution in [3.05, 3.63) is 59.1 Å². The molecule has 0 aliphatic carbocycles. The number of hydrogen-bond donors (Lipinski definition) is 2. The number of carbonyl (C=O) groups is 1. The molecule has 0 fully saturated rings. The molecule has 116 valence electrons. The Morgan fingerprint density at radius 1 is 1.27 bits per heavy atom. The summed E-state index contributed by atoms with van der Waals surface area (Å²) in [6.07, 6.45) is 4.19. The molecule has 1 aliphatic heterocycles. The van der Waals surface area contributed by atoms with E-state index in [1.807, 2.05) is 31.2 Å². The number of fused-ring (bicyclic) bond motifs is 1. The van der Waals surface area contributed by atoms with E-state index in [1.54, 1.807) is 6.08 Å². The number of halogens is 1. The maximum atomic E-state index is 11.9. The third kappa shape index (κ3) is 4.00. The average Bonchev–Trinajstić information content (AvgIpc) is 2.91. The van der Waals surface area contributed by atoms with E-state index in [1.165, 1.54) is 17.2 Å². The fourth-order valence-corrected chi connectivity index (χ4v) is 2.44. The number of carbonyl (C=O) groups excluding carboxylic acids is 1. The van der Waals surface area contributed by atoms with Crippen LogP contribution in [0.2, 0.25) is 0 Å². The molecule has 1 amide bonds. The van der Waals surface area contributed by atoms with E-state index in [9.17, 15) is 4.79 Å². The van der Waals surface area contributed by atoms with Crippen LogP contribution in [-0.4, -0.2) is 12.5 Å². The minimum absolute atomic E-state index is 0. The first-order valence-electron chi connectivity index (χ1n) is 7.09. The van der Waals surface area contributed by atoms with E-state index < -0.39 is 0 Å². The zero-order valence-corrected chi connectivity index (χ0v) is 13.2. The minimum atomic E-state index is -0.159. The van der Waals surface area contributed by atoms with Crippen molar-refractivity contribution >= 4 is 30.1 Å². The van der Waals surface area contributed by atoms with Crippen molar-refractivity contribution in [1.82, 2.24) is 5.32 Å². The zero-order valence-electron chi connectivity index (χ0n) is 12.4. The summed E-state index contributed by atoms with van der Waals surface area (Å²) in [5.41, 5.74) is 3.43. The molecule has 22 heavy (non-hydrogen) atoms. The van der Waals surface area contributed by atoms with Crippen LogP contribution in [0.15, 0.2) is 40.8 Å². The predicted octanol–water partition coefficient (Wildman–Crippen LogP) is 3.31. The Labute approximate surface area is 136 Å². The highest BCUT2D eigenvalue weighted by molar-refractivity contribution is 6.01. The number of rotatable bonds is 3. The van der Waals surface area contributed by atoms with Crippen LogP contribution in [0.5, 0.6) is 0 Å². The van der Waals surface area contributed by atoms with Crippen LogP contribution >= 0.6 is 12.4 Å². The number of anilines is 1. The topological polar surface area (TPSA) is 54.3 Å². The van der Waals surface area contributed by atoms with Gasteiger partial charge in [-0.25, -0.2) is 0 Å². The summed E-state index contributed by atoms with van der Waals surface area (Å²) in [6.45, 7) is 3.75. The SMILES string of the molecule is Cc1ccc(/C=C/C(=O)Nc2ccc3c(c2)CNCC3)o1.Cl. The molecule has 2 heterocycles. The van der Waals surface area contributed by atoms with Gasteiger partial charge in [-0.3, -0.25) is 4.79 Å². The summed E-state index contributed by atoms with van der Waals surface area (Å²) in [7, 11) is 0. The standard InChI is InChI=1S/C17H18N2O2.ClH/c1-12-2-5-16(21-12)6-7-17(20)19-15-4-3-13-8-9-18-11-14(13)10-15;/h2-7,10,18H,8-9,11H2,1H3,(H,19,20);1H/b7-6+;. The molecule has 0 saturated carbocycles. The molecule has 1 aromatic carbocycles. The number of nitrogens with one attached hydrogen (secondary N) is 2. The van der Waals surface area contributed by atoms with Gasteiger partial charge in [0.15, 0.2) is 0 Å². The van der Waals surface area contributed by atoms with Crippen molar-refractivity contribution < 1.29 is 9.21 Å². The lowest BCUT2D eigenvalue weighted by molar-refractivity contribution is -0.111. The van der Waals surface area contributed by atoms with Crippen LogP contribution < -0.4 is 10.6 Å². The van der Waals surface area contributed by atoms with Crippen LogP contribution in [0.3, 0.4) is 0 Å². The third-order valence-electron chi connectivity index (χ3n) is 3.52. The molecule has 3 rings (SSSR count). The second-order valence-corrected chi connectivity index (χ2v) is 5.18. The highest BCUT2D eigenvalue weighted by Gasteiger charge is 2.09. The van der Waals surface area contributed by atoms with E-state index in [0.29, 0.717) is 5.76 Å². The van der Waals surface area contributed by atoms with Gasteiger partial charge in [0.2, 0.25) is 5.91 Å². The normalized spacial score (nSPS) is 13.5. The quantitative estimate of drug-likeness (QED) is 0.854. The maximum absolute atomic E-state index is 11.9. The Morgan fingerprint density at radius 2 is 2.14 bits per heavy atom. The van der Waals surface area contributed by atoms with E-state index in [4.69, 9.17) is 4.42 Å². The van der Waals surface area contributed by atoms with E-state index in [-0.39, 0.29) is 18.3 Å². The molecule has 0 unspecified atom stereocenters. The summed E-state index contributed by atoms with van der Waals surface area (Å²) >= 11 is 0. The van der Waals surface area contributed by atoms with Gasteiger partial charge in [-0.1, -0.05) is 6.07 Å². The number of amides is 1. The molecular formula is C17H19ClN2O2. The number of aryl methyl sites for hydroxylation is 1. The highest BCUT2D eigenvalue weighted by Crippen LogP contribution is 2.19. The first-order chi connectivity index (χ1) is 10.2. The summed E-state index contributed by atoms with van der Waals surface area (Å²) in [6, 6.07) is 9.78. The summed E-state index contributed by atoms with van der Waals surface area (Å²) in [5.74, 6) is 1.35. The Morgan fingerprint density at radius 3 is 2.91 bits per heavy atom. The molecule has 1 aromatic heterocycles. The van der Waals surface area contributed by atoms with Gasteiger partial charge in [-0.05, 0) is 61.4 Å². The first kappa shape index (κ1) is 16.3. The second kappa shape index (κ2) is 7.29. The highest BCUT2D eigenvalue weighted by atomic mass is 35.5. The predicted molar refractivity (Wildman–Crippen MR) is 90.2 cm³/mol. The van der Waals surface area contributed by atoms with E-state index in [2.05, 4.69) is 16.7 Å². The Kier molecular flexibility index (Phi) is 5.41. The summed E-state index contributed by atoms with van der Waals surface area (Å²) in [5, 5.41) is 6.21. The van der Waals surface area contributed by atoms with Crippen molar-refractivity contribution in [2.45, 2.75) is 19.9 Å². The van der Waals surface area contributed by atoms with Crippen LogP contribution in [-0.2, 0) is 17.8 Å². The lowest BCUT2D eigenvalue weighted by atomic mass is 10.0. The number of hydrogen-bond acceptors (Lipinski definition) is 3. The molecule has 2 N–H and O–H groups in total. The molecule has 0 atom stereocenters. The van der Waals surface area contributed by atoms with Crippen molar-refractivity contribution in [2.75, 3.05) is 11.9 Å². The van der Waals surface area contributed by atoms with Crippen LogP contribution in [0.4, 0.5) is 5.69 Å². The van der Waals surface area contributed by atoms with Crippen molar-refractivity contribution in [1.29, 1.82) is 0 Å². The minimum Gasteiger partial charge on any atom is -0.462 e. The molecule has 2 aromatic rings. The van der Waals surface area contributed by atoms with E-state index in [0.717, 1.165) is 31.0 Å². The van der Waals surface area contributed by atoms with Crippen LogP contribution in [0.25, 0.3) is 6.08 Å². The third-order valence-corrected chi connectivity index (χ3v) is 3.52. The van der Waals surface area contributed by atoms with Crippen LogP contribution in [0.1, 0.15) is 22.6 Å². The van der Waals surface area contributed by atoms with Gasteiger partial charge >= 0.3 is 0 Å². The van der Waals surface area contributed by atoms with Gasteiger partial charge in [0.25, 0.3) is 0 Å². The fraction of sp³-hybridized carbons (Fsp3) is 0.235. The molecule has 0 spiro atoms. The Hall–Kier alpha value is -2.04.